The first-order valence-corrected chi connectivity index (χ1v) is 11.9. The van der Waals surface area contributed by atoms with E-state index in [2.05, 4.69) is 36.6 Å². The second-order valence-corrected chi connectivity index (χ2v) is 9.66. The van der Waals surface area contributed by atoms with Crippen LogP contribution in [0.3, 0.4) is 0 Å². The topological polar surface area (TPSA) is 149 Å². The SMILES string of the molecule is Cn1nc2ccc(-c3n[nH]c4nc(N5[C@@H]6CC[C@H]5CC(NC(=O)O)C6)nc(C#N)c34)c(Cl)c2c1Cl. The fraction of sp³-hybridized carbons (Fsp3) is 0.364. The fourth-order valence-electron chi connectivity index (χ4n) is 5.50. The lowest BCUT2D eigenvalue weighted by molar-refractivity contribution is 0.185. The van der Waals surface area contributed by atoms with Crippen molar-refractivity contribution < 1.29 is 9.90 Å². The van der Waals surface area contributed by atoms with Crippen molar-refractivity contribution in [3.05, 3.63) is 28.0 Å². The molecular formula is C22H19Cl2N9O2. The maximum atomic E-state index is 11.1. The van der Waals surface area contributed by atoms with Crippen LogP contribution < -0.4 is 10.2 Å². The van der Waals surface area contributed by atoms with Crippen molar-refractivity contribution in [1.29, 1.82) is 5.26 Å². The zero-order valence-corrected chi connectivity index (χ0v) is 20.0. The van der Waals surface area contributed by atoms with Crippen LogP contribution in [0.2, 0.25) is 10.2 Å². The molecule has 6 rings (SSSR count). The van der Waals surface area contributed by atoms with Crippen molar-refractivity contribution in [2.75, 3.05) is 4.90 Å². The number of carboxylic acid groups (broad SMARTS) is 1. The highest BCUT2D eigenvalue weighted by molar-refractivity contribution is 6.43. The monoisotopic (exact) mass is 511 g/mol. The van der Waals surface area contributed by atoms with Crippen molar-refractivity contribution >= 4 is 57.2 Å². The van der Waals surface area contributed by atoms with Crippen molar-refractivity contribution in [3.63, 3.8) is 0 Å². The molecule has 11 nitrogen and oxygen atoms in total. The first-order valence-electron chi connectivity index (χ1n) is 11.1. The second-order valence-electron chi connectivity index (χ2n) is 8.93. The van der Waals surface area contributed by atoms with Crippen LogP contribution in [0.5, 0.6) is 0 Å². The van der Waals surface area contributed by atoms with Gasteiger partial charge in [0.25, 0.3) is 0 Å². The molecule has 1 aromatic carbocycles. The Balaban J connectivity index is 1.43. The van der Waals surface area contributed by atoms with E-state index in [1.54, 1.807) is 23.9 Å². The number of aromatic nitrogens is 6. The normalized spacial score (nSPS) is 21.5. The molecule has 178 valence electrons. The molecule has 3 N–H and O–H groups in total. The Hall–Kier alpha value is -3.62. The van der Waals surface area contributed by atoms with Crippen LogP contribution in [0.1, 0.15) is 31.4 Å². The summed E-state index contributed by atoms with van der Waals surface area (Å²) in [5.74, 6) is 0.447. The van der Waals surface area contributed by atoms with Crippen molar-refractivity contribution in [2.24, 2.45) is 7.05 Å². The van der Waals surface area contributed by atoms with Gasteiger partial charge in [-0.3, -0.25) is 9.78 Å². The standard InChI is InChI=1S/C22H19Cl2N9O2/c1-32-19(24)15-13(31-32)5-4-12(17(15)23)18-16-14(8-25)27-21(28-20(16)30-29-18)33-10-2-3-11(33)7-9(6-10)26-22(34)35/h4-5,9-11,26H,2-3,6-7H2,1H3,(H,34,35)(H,27,28,29,30)/t9?,10-,11+. The molecule has 13 heteroatoms. The van der Waals surface area contributed by atoms with Crippen LogP contribution in [0, 0.1) is 11.3 Å². The van der Waals surface area contributed by atoms with Crippen LogP contribution >= 0.6 is 23.2 Å². The Morgan fingerprint density at radius 1 is 1.23 bits per heavy atom. The number of piperidine rings is 1. The fourth-order valence-corrected chi connectivity index (χ4v) is 6.12. The van der Waals surface area contributed by atoms with E-state index in [4.69, 9.17) is 33.3 Å². The summed E-state index contributed by atoms with van der Waals surface area (Å²) in [7, 11) is 1.74. The molecule has 2 fully saturated rings. The summed E-state index contributed by atoms with van der Waals surface area (Å²) in [5, 5.41) is 35.3. The maximum Gasteiger partial charge on any atom is 0.404 e. The summed E-state index contributed by atoms with van der Waals surface area (Å²) in [4.78, 5) is 22.6. The Kier molecular flexibility index (Phi) is 4.98. The molecule has 1 unspecified atom stereocenters. The van der Waals surface area contributed by atoms with E-state index in [0.29, 0.717) is 62.2 Å². The molecule has 4 aromatic rings. The van der Waals surface area contributed by atoms with Gasteiger partial charge in [-0.2, -0.15) is 20.4 Å². The maximum absolute atomic E-state index is 11.1. The average molecular weight is 512 g/mol. The minimum atomic E-state index is -1.01. The number of hydrogen-bond acceptors (Lipinski definition) is 7. The van der Waals surface area contributed by atoms with Gasteiger partial charge in [-0.05, 0) is 37.8 Å². The van der Waals surface area contributed by atoms with Crippen LogP contribution in [-0.4, -0.2) is 59.3 Å². The zero-order chi connectivity index (χ0) is 24.4. The number of nitrogens with zero attached hydrogens (tertiary/aromatic N) is 7. The average Bonchev–Trinajstić information content (AvgIpc) is 3.45. The number of rotatable bonds is 3. The number of benzene rings is 1. The van der Waals surface area contributed by atoms with Gasteiger partial charge < -0.3 is 15.3 Å². The van der Waals surface area contributed by atoms with Crippen LogP contribution in [0.25, 0.3) is 33.2 Å². The Morgan fingerprint density at radius 3 is 2.66 bits per heavy atom. The van der Waals surface area contributed by atoms with Crippen LogP contribution in [-0.2, 0) is 7.05 Å². The van der Waals surface area contributed by atoms with Crippen LogP contribution in [0.15, 0.2) is 12.1 Å². The predicted molar refractivity (Wildman–Crippen MR) is 130 cm³/mol. The van der Waals surface area contributed by atoms with E-state index in [-0.39, 0.29) is 23.8 Å². The third kappa shape index (κ3) is 3.36. The molecule has 3 aromatic heterocycles. The molecule has 2 saturated heterocycles. The first kappa shape index (κ1) is 21.9. The van der Waals surface area contributed by atoms with Gasteiger partial charge in [0.15, 0.2) is 11.3 Å². The Labute approximate surface area is 208 Å². The number of carbonyl (C=O) groups is 1. The third-order valence-corrected chi connectivity index (χ3v) is 7.75. The number of aryl methyl sites for hydroxylation is 1. The lowest BCUT2D eigenvalue weighted by atomic mass is 9.98. The highest BCUT2D eigenvalue weighted by Gasteiger charge is 2.43. The number of aromatic amines is 1. The number of nitrogens with one attached hydrogen (secondary N) is 2. The minimum absolute atomic E-state index is 0.0987. The number of amides is 1. The summed E-state index contributed by atoms with van der Waals surface area (Å²) in [6.45, 7) is 0. The van der Waals surface area contributed by atoms with Gasteiger partial charge in [0.1, 0.15) is 16.9 Å². The van der Waals surface area contributed by atoms with Crippen molar-refractivity contribution in [2.45, 2.75) is 43.8 Å². The summed E-state index contributed by atoms with van der Waals surface area (Å²) in [6.07, 6.45) is 2.16. The molecule has 2 aliphatic heterocycles. The summed E-state index contributed by atoms with van der Waals surface area (Å²) < 4.78 is 1.55. The number of halogens is 2. The molecule has 2 bridgehead atoms. The van der Waals surface area contributed by atoms with Gasteiger partial charge in [-0.1, -0.05) is 23.2 Å². The largest absolute Gasteiger partial charge is 0.465 e. The summed E-state index contributed by atoms with van der Waals surface area (Å²) in [6, 6.07) is 5.88. The lowest BCUT2D eigenvalue weighted by Crippen LogP contribution is -2.50. The molecule has 35 heavy (non-hydrogen) atoms. The number of nitriles is 1. The second kappa shape index (κ2) is 7.96. The Bertz CT molecular complexity index is 1540. The first-order chi connectivity index (χ1) is 16.9. The Morgan fingerprint density at radius 2 is 1.97 bits per heavy atom. The molecule has 0 spiro atoms. The predicted octanol–water partition coefficient (Wildman–Crippen LogP) is 3.85. The molecule has 1 amide bonds. The highest BCUT2D eigenvalue weighted by atomic mass is 35.5. The molecule has 3 atom stereocenters. The molecule has 0 saturated carbocycles. The van der Waals surface area contributed by atoms with Crippen molar-refractivity contribution in [3.8, 4) is 17.3 Å². The lowest BCUT2D eigenvalue weighted by Gasteiger charge is -2.38. The number of fused-ring (bicyclic) bond motifs is 4. The van der Waals surface area contributed by atoms with Gasteiger partial charge >= 0.3 is 6.09 Å². The van der Waals surface area contributed by atoms with E-state index in [1.807, 2.05) is 0 Å². The molecular weight excluding hydrogens is 493 g/mol. The van der Waals surface area contributed by atoms with Crippen molar-refractivity contribution in [1.82, 2.24) is 35.3 Å². The zero-order valence-electron chi connectivity index (χ0n) is 18.5. The number of hydrogen-bond donors (Lipinski definition) is 3. The smallest absolute Gasteiger partial charge is 0.404 e. The summed E-state index contributed by atoms with van der Waals surface area (Å²) in [5.41, 5.74) is 2.32. The number of anilines is 1. The molecule has 5 heterocycles. The molecule has 0 radical (unpaired) electrons. The van der Waals surface area contributed by atoms with Gasteiger partial charge in [-0.15, -0.1) is 0 Å². The van der Waals surface area contributed by atoms with E-state index in [9.17, 15) is 10.1 Å². The highest BCUT2D eigenvalue weighted by Crippen LogP contribution is 2.41. The van der Waals surface area contributed by atoms with E-state index >= 15 is 0 Å². The van der Waals surface area contributed by atoms with E-state index < -0.39 is 6.09 Å². The summed E-state index contributed by atoms with van der Waals surface area (Å²) >= 11 is 13.1. The van der Waals surface area contributed by atoms with Gasteiger partial charge in [-0.25, -0.2) is 9.78 Å². The third-order valence-electron chi connectivity index (χ3n) is 6.93. The molecule has 0 aliphatic carbocycles. The minimum Gasteiger partial charge on any atom is -0.465 e. The van der Waals surface area contributed by atoms with Crippen LogP contribution in [0.4, 0.5) is 10.7 Å². The number of H-pyrrole nitrogens is 1. The van der Waals surface area contributed by atoms with E-state index in [1.165, 1.54) is 0 Å². The van der Waals surface area contributed by atoms with Gasteiger partial charge in [0, 0.05) is 30.7 Å². The molecule has 2 aliphatic rings. The van der Waals surface area contributed by atoms with Gasteiger partial charge in [0.05, 0.1) is 21.3 Å². The quantitative estimate of drug-likeness (QED) is 0.375. The van der Waals surface area contributed by atoms with E-state index in [0.717, 1.165) is 12.8 Å². The van der Waals surface area contributed by atoms with Gasteiger partial charge in [0.2, 0.25) is 5.95 Å².